The quantitative estimate of drug-likeness (QED) is 0.0214. The number of urea groups is 1. The number of Topliss-reactive ketones (excluding diaryl/α,β-unsaturated/α-hetero) is 1. The lowest BCUT2D eigenvalue weighted by Gasteiger charge is -2.67. The molecule has 0 aromatic heterocycles. The van der Waals surface area contributed by atoms with Crippen molar-refractivity contribution >= 4 is 83.3 Å². The van der Waals surface area contributed by atoms with Crippen molar-refractivity contribution in [2.24, 2.45) is 28.4 Å². The Labute approximate surface area is 624 Å². The first-order valence-corrected chi connectivity index (χ1v) is 35.5. The molecule has 8 rings (SSSR count). The van der Waals surface area contributed by atoms with Crippen LogP contribution < -0.4 is 32.3 Å². The summed E-state index contributed by atoms with van der Waals surface area (Å²) in [7, 11) is 2.66. The summed E-state index contributed by atoms with van der Waals surface area (Å²) in [5.74, 6) is -10.7. The highest BCUT2D eigenvalue weighted by atomic mass is 16.6. The first-order valence-electron chi connectivity index (χ1n) is 35.5. The van der Waals surface area contributed by atoms with Gasteiger partial charge in [0, 0.05) is 71.5 Å². The maximum atomic E-state index is 16.0. The van der Waals surface area contributed by atoms with Crippen LogP contribution in [-0.2, 0) is 87.6 Å². The Morgan fingerprint density at radius 2 is 1.40 bits per heavy atom. The molecule has 33 heteroatoms. The summed E-state index contributed by atoms with van der Waals surface area (Å²) < 4.78 is 53.7. The normalized spacial score (nSPS) is 25.8. The first kappa shape index (κ1) is 83.4. The van der Waals surface area contributed by atoms with E-state index in [0.717, 1.165) is 23.6 Å². The second kappa shape index (κ2) is 34.3. The van der Waals surface area contributed by atoms with Gasteiger partial charge in [0.15, 0.2) is 23.6 Å². The number of fused-ring (bicyclic) bond motifs is 5. The Balaban J connectivity index is 1.02. The molecule has 0 spiro atoms. The number of aliphatic carboxylic acids is 1. The van der Waals surface area contributed by atoms with Crippen molar-refractivity contribution in [1.82, 2.24) is 31.1 Å². The fraction of sp³-hybridized carbons (Fsp3) is 0.560. The highest BCUT2D eigenvalue weighted by Gasteiger charge is 2.78. The third kappa shape index (κ3) is 18.8. The fourth-order valence-electron chi connectivity index (χ4n) is 14.6. The molecule has 2 bridgehead atoms. The Hall–Kier alpha value is -10.3. The van der Waals surface area contributed by atoms with Crippen molar-refractivity contribution in [3.05, 3.63) is 113 Å². The van der Waals surface area contributed by atoms with Crippen LogP contribution in [0.5, 0.6) is 0 Å². The predicted molar refractivity (Wildman–Crippen MR) is 379 cm³/mol. The minimum Gasteiger partial charge on any atom is -0.479 e. The number of aliphatic hydroxyl groups excluding tert-OH is 1. The molecule has 3 aromatic carbocycles. The molecule has 2 saturated carbocycles. The molecule has 2 aliphatic heterocycles. The number of nitrogens with zero attached hydrogens (tertiary/aromatic N) is 2. The van der Waals surface area contributed by atoms with Gasteiger partial charge in [0.25, 0.3) is 0 Å². The molecule has 3 aliphatic carbocycles. The van der Waals surface area contributed by atoms with Gasteiger partial charge in [-0.2, -0.15) is 0 Å². The van der Waals surface area contributed by atoms with Crippen LogP contribution in [0.4, 0.5) is 24.9 Å². The van der Waals surface area contributed by atoms with Crippen molar-refractivity contribution in [2.45, 2.75) is 205 Å². The number of amides is 8. The van der Waals surface area contributed by atoms with Crippen LogP contribution in [0.25, 0.3) is 0 Å². The number of carboxylic acid groups (broad SMARTS) is 1. The van der Waals surface area contributed by atoms with Gasteiger partial charge in [-0.25, -0.2) is 33.6 Å². The lowest BCUT2D eigenvalue weighted by molar-refractivity contribution is -0.346. The summed E-state index contributed by atoms with van der Waals surface area (Å²) in [4.78, 5) is 181. The Kier molecular flexibility index (Phi) is 26.5. The van der Waals surface area contributed by atoms with Crippen molar-refractivity contribution in [1.29, 1.82) is 0 Å². The number of primary amides is 1. The molecule has 588 valence electrons. The van der Waals surface area contributed by atoms with Gasteiger partial charge < -0.3 is 100 Å². The summed E-state index contributed by atoms with van der Waals surface area (Å²) in [5, 5.41) is 48.9. The maximum absolute atomic E-state index is 16.0. The largest absolute Gasteiger partial charge is 0.479 e. The number of ether oxygens (including phenoxy) is 9. The zero-order valence-corrected chi connectivity index (χ0v) is 62.7. The molecule has 33 nitrogen and oxygen atoms in total. The van der Waals surface area contributed by atoms with Gasteiger partial charge in [0.1, 0.15) is 60.4 Å². The number of hydrogen-bond donors (Lipinski definition) is 9. The van der Waals surface area contributed by atoms with Crippen LogP contribution in [0.2, 0.25) is 0 Å². The lowest BCUT2D eigenvalue weighted by Crippen LogP contribution is -2.82. The number of carbonyl (C=O) groups excluding carboxylic acids is 12. The van der Waals surface area contributed by atoms with Crippen LogP contribution in [0.1, 0.15) is 142 Å². The maximum Gasteiger partial charge on any atom is 0.410 e. The van der Waals surface area contributed by atoms with E-state index in [0.29, 0.717) is 5.56 Å². The van der Waals surface area contributed by atoms with Gasteiger partial charge in [0.05, 0.1) is 29.6 Å². The number of esters is 4. The summed E-state index contributed by atoms with van der Waals surface area (Å²) in [6, 6.07) is 16.7. The highest BCUT2D eigenvalue weighted by Crippen LogP contribution is 2.64. The number of carboxylic acids is 1. The van der Waals surface area contributed by atoms with E-state index in [4.69, 9.17) is 48.4 Å². The van der Waals surface area contributed by atoms with Crippen molar-refractivity contribution < 1.29 is 120 Å². The Bertz CT molecular complexity index is 3910. The van der Waals surface area contributed by atoms with E-state index in [1.807, 2.05) is 0 Å². The minimum absolute atomic E-state index is 0.00676. The molecule has 0 radical (unpaired) electrons. The Morgan fingerprint density at radius 3 is 1.96 bits per heavy atom. The molecule has 10 N–H and O–H groups in total. The van der Waals surface area contributed by atoms with E-state index in [2.05, 4.69) is 26.6 Å². The second-order valence-electron chi connectivity index (χ2n) is 29.9. The van der Waals surface area contributed by atoms with Crippen molar-refractivity contribution in [3.8, 4) is 0 Å². The van der Waals surface area contributed by atoms with E-state index >= 15 is 9.59 Å². The van der Waals surface area contributed by atoms with Crippen LogP contribution in [0.15, 0.2) is 96.1 Å². The molecule has 4 fully saturated rings. The standard InChI is InChI=1S/C75H98N8O25/c1-39(2)54(80-62(89)48-30-31-49(103-48)64(91)92)63(90)79-47(25-20-32-77-67(76)95)61(88)78-46-28-26-43(27-29-46)37-100-69(97)82(12)33-34-83(13)70(98)105-57(55(44-21-16-14-17-22-44)81-68(96)108-71(6,7)8)66(94)104-50-36-75(99)60(106-65(93)45-23-18-15-19-24-45)58-73(11,51(86)35-52-74(58,38-101-52)107-42(5)85)59(87)56(102-41(4)84)53(40(50)3)72(75,9)10/h14-19,21-24,26-29,39,47-52,54-58,60,86,99H,20,25,30-38H2,1-13H3,(H,78,88)(H,79,90)(H,80,89)(H,81,96)(H,91,92)(H3,76,77,95)/t47-,48?,49?,50-,51-,52+,54-,55-,56+,57+,58-,60-,73+,74-,75+/m0/s1. The van der Waals surface area contributed by atoms with E-state index < -0.39 is 197 Å². The third-order valence-corrected chi connectivity index (χ3v) is 20.4. The summed E-state index contributed by atoms with van der Waals surface area (Å²) in [5.41, 5.74) is -3.61. The fourth-order valence-corrected chi connectivity index (χ4v) is 14.6. The topological polar surface area (TPSA) is 458 Å². The molecule has 2 unspecified atom stereocenters. The van der Waals surface area contributed by atoms with Gasteiger partial charge in [-0.15, -0.1) is 0 Å². The number of hydrogen-bond acceptors (Lipinski definition) is 24. The Morgan fingerprint density at radius 1 is 0.778 bits per heavy atom. The molecule has 2 saturated heterocycles. The molecule has 5 aliphatic rings. The van der Waals surface area contributed by atoms with E-state index in [1.165, 1.54) is 78.2 Å². The number of rotatable bonds is 27. The number of alkyl carbamates (subject to hydrolysis) is 1. The molecular weight excluding hydrogens is 1410 g/mol. The summed E-state index contributed by atoms with van der Waals surface area (Å²) in [6.45, 7) is 14.9. The highest BCUT2D eigenvalue weighted by molar-refractivity contribution is 5.99. The lowest BCUT2D eigenvalue weighted by atomic mass is 9.44. The molecule has 3 aromatic rings. The number of nitrogens with one attached hydrogen (secondary N) is 5. The van der Waals surface area contributed by atoms with Crippen molar-refractivity contribution in [3.63, 3.8) is 0 Å². The monoisotopic (exact) mass is 1510 g/mol. The van der Waals surface area contributed by atoms with Crippen molar-refractivity contribution in [2.75, 3.05) is 45.7 Å². The number of ketones is 1. The molecule has 15 atom stereocenters. The van der Waals surface area contributed by atoms with Gasteiger partial charge in [-0.1, -0.05) is 88.4 Å². The molecule has 108 heavy (non-hydrogen) atoms. The zero-order chi connectivity index (χ0) is 79.7. The average Bonchev–Trinajstić information content (AvgIpc) is 0.679. The zero-order valence-electron chi connectivity index (χ0n) is 62.7. The van der Waals surface area contributed by atoms with E-state index in [9.17, 15) is 68.1 Å². The third-order valence-electron chi connectivity index (χ3n) is 20.4. The van der Waals surface area contributed by atoms with E-state index in [1.54, 1.807) is 83.1 Å². The number of anilines is 1. The molecule has 8 amide bonds. The number of carbonyl (C=O) groups is 13. The molecular formula is C75H98N8O25. The van der Waals surface area contributed by atoms with Gasteiger partial charge in [-0.05, 0) is 113 Å². The van der Waals surface area contributed by atoms with Gasteiger partial charge >= 0.3 is 54.2 Å². The number of nitrogens with two attached hydrogens (primary N) is 1. The van der Waals surface area contributed by atoms with Crippen LogP contribution in [-0.4, -0.2) is 221 Å². The summed E-state index contributed by atoms with van der Waals surface area (Å²) in [6.07, 6.45) is -16.7. The van der Waals surface area contributed by atoms with Crippen LogP contribution in [0, 0.1) is 22.7 Å². The van der Waals surface area contributed by atoms with Crippen LogP contribution in [0.3, 0.4) is 0 Å². The van der Waals surface area contributed by atoms with Gasteiger partial charge in [-0.3, -0.25) is 28.8 Å². The first-order chi connectivity index (χ1) is 50.6. The number of aliphatic hydroxyl groups is 2. The minimum atomic E-state index is -2.58. The number of benzene rings is 3. The smallest absolute Gasteiger partial charge is 0.410 e. The van der Waals surface area contributed by atoms with Crippen LogP contribution >= 0.6 is 0 Å². The second-order valence-corrected chi connectivity index (χ2v) is 29.9. The predicted octanol–water partition coefficient (Wildman–Crippen LogP) is 4.82. The SMILES string of the molecule is CC(=O)O[C@H]1C(=O)[C@@]2(C)[C@H]([C@H](OC(=O)c3ccccc3)[C@]3(O)C[C@H](OC(=O)[C@H](OC(=O)N(C)CCN(C)C(=O)OCc4ccc(NC(=O)[C@H](CCCNC(N)=O)NC(=O)[C@@H](NC(=O)C5CCC(C(=O)O)O5)C(C)C)cc4)[C@@H](NC(=O)OC(C)(C)C)c4ccccc4)C(C)=C1C3(C)C)[C@]1(OC(C)=O)CO[C@@H]1C[C@@H]2O. The van der Waals surface area contributed by atoms with E-state index in [-0.39, 0.29) is 86.3 Å². The number of likely N-dealkylation sites (N-methyl/N-ethyl adjacent to an activating group) is 2. The van der Waals surface area contributed by atoms with Gasteiger partial charge in [0.2, 0.25) is 23.8 Å². The summed E-state index contributed by atoms with van der Waals surface area (Å²) >= 11 is 0. The molecule has 2 heterocycles. The average molecular weight is 1510 g/mol.